The number of aliphatic hydroxyl groups is 2. The Kier molecular flexibility index (Phi) is 3.14. The summed E-state index contributed by atoms with van der Waals surface area (Å²) in [4.78, 5) is 52.6. The molecule has 2 spiro atoms. The molecular weight excluding hydrogens is 404 g/mol. The van der Waals surface area contributed by atoms with Crippen molar-refractivity contribution in [1.29, 1.82) is 0 Å². The second-order valence-electron chi connectivity index (χ2n) is 8.19. The number of nitrogens with zero attached hydrogens (tertiary/aromatic N) is 2. The molecule has 2 amide bonds. The molecule has 5 saturated heterocycles. The van der Waals surface area contributed by atoms with Crippen molar-refractivity contribution in [3.8, 4) is 0 Å². The molecule has 0 aromatic carbocycles. The van der Waals surface area contributed by atoms with Crippen LogP contribution in [-0.4, -0.2) is 77.4 Å². The van der Waals surface area contributed by atoms with E-state index in [0.29, 0.717) is 0 Å². The van der Waals surface area contributed by atoms with Crippen molar-refractivity contribution in [1.82, 2.24) is 9.80 Å². The van der Waals surface area contributed by atoms with Gasteiger partial charge in [-0.25, -0.2) is 0 Å². The van der Waals surface area contributed by atoms with Gasteiger partial charge in [-0.2, -0.15) is 0 Å². The fourth-order valence-corrected chi connectivity index (χ4v) is 9.60. The van der Waals surface area contributed by atoms with Crippen LogP contribution in [0.3, 0.4) is 0 Å². The average Bonchev–Trinajstić information content (AvgIpc) is 3.22. The van der Waals surface area contributed by atoms with Gasteiger partial charge < -0.3 is 20.0 Å². The van der Waals surface area contributed by atoms with Crippen molar-refractivity contribution in [3.63, 3.8) is 0 Å². The van der Waals surface area contributed by atoms with E-state index < -0.39 is 45.9 Å². The summed E-state index contributed by atoms with van der Waals surface area (Å²) in [7, 11) is 2.51. The average molecular weight is 420 g/mol. The Morgan fingerprint density at radius 2 is 1.18 bits per heavy atom. The van der Waals surface area contributed by atoms with E-state index in [1.165, 1.54) is 55.7 Å². The minimum atomic E-state index is -1.29. The zero-order valence-electron chi connectivity index (χ0n) is 14.4. The molecular formula is C18H16N2O6S2. The van der Waals surface area contributed by atoms with E-state index in [1.54, 1.807) is 0 Å². The number of allylic oxidation sites excluding steroid dienone is 2. The molecule has 8 atom stereocenters. The predicted octanol–water partition coefficient (Wildman–Crippen LogP) is -0.779. The Balaban J connectivity index is 1.52. The maximum Gasteiger partial charge on any atom is 0.261 e. The lowest BCUT2D eigenvalue weighted by molar-refractivity contribution is -0.169. The van der Waals surface area contributed by atoms with E-state index in [2.05, 4.69) is 0 Å². The number of ketones is 2. The van der Waals surface area contributed by atoms with Gasteiger partial charge >= 0.3 is 0 Å². The van der Waals surface area contributed by atoms with Crippen molar-refractivity contribution >= 4 is 45.0 Å². The Labute approximate surface area is 167 Å². The molecule has 0 radical (unpaired) electrons. The van der Waals surface area contributed by atoms with Crippen LogP contribution in [0.1, 0.15) is 12.8 Å². The van der Waals surface area contributed by atoms with Gasteiger partial charge in [-0.3, -0.25) is 19.2 Å². The lowest BCUT2D eigenvalue weighted by Crippen LogP contribution is -2.77. The fourth-order valence-electron chi connectivity index (χ4n) is 5.77. The van der Waals surface area contributed by atoms with Crippen LogP contribution >= 0.6 is 21.6 Å². The minimum absolute atomic E-state index is 0.129. The summed E-state index contributed by atoms with van der Waals surface area (Å²) >= 11 is 0. The first kappa shape index (κ1) is 17.3. The number of piperazine rings is 1. The van der Waals surface area contributed by atoms with Gasteiger partial charge in [-0.15, -0.1) is 0 Å². The Hall–Kier alpha value is -1.62. The summed E-state index contributed by atoms with van der Waals surface area (Å²) in [6, 6.07) is -1.55. The fraction of sp³-hybridized carbons (Fsp3) is 0.556. The first-order valence-electron chi connectivity index (χ1n) is 9.16. The summed E-state index contributed by atoms with van der Waals surface area (Å²) < 4.78 is 0. The van der Waals surface area contributed by atoms with Gasteiger partial charge in [-0.1, -0.05) is 33.7 Å². The molecule has 2 aliphatic carbocycles. The summed E-state index contributed by atoms with van der Waals surface area (Å²) in [5.74, 6) is -2.35. The van der Waals surface area contributed by atoms with Crippen molar-refractivity contribution < 1.29 is 29.4 Å². The number of amides is 2. The molecule has 5 heterocycles. The van der Waals surface area contributed by atoms with E-state index in [-0.39, 0.29) is 36.2 Å². The monoisotopic (exact) mass is 420 g/mol. The third kappa shape index (κ3) is 1.67. The van der Waals surface area contributed by atoms with E-state index >= 15 is 0 Å². The molecule has 2 bridgehead atoms. The van der Waals surface area contributed by atoms with Gasteiger partial charge in [0, 0.05) is 24.7 Å². The largest absolute Gasteiger partial charge is 0.387 e. The molecule has 146 valence electrons. The van der Waals surface area contributed by atoms with Crippen LogP contribution in [0.15, 0.2) is 24.3 Å². The number of hydrogen-bond acceptors (Lipinski definition) is 8. The Morgan fingerprint density at radius 1 is 0.786 bits per heavy atom. The lowest BCUT2D eigenvalue weighted by Gasteiger charge is -2.58. The molecule has 0 aromatic heterocycles. The molecule has 0 saturated carbocycles. The van der Waals surface area contributed by atoms with Gasteiger partial charge in [-0.05, 0) is 12.2 Å². The lowest BCUT2D eigenvalue weighted by atomic mass is 9.85. The van der Waals surface area contributed by atoms with Crippen molar-refractivity contribution in [3.05, 3.63) is 24.3 Å². The van der Waals surface area contributed by atoms with E-state index in [1.807, 2.05) is 0 Å². The smallest absolute Gasteiger partial charge is 0.261 e. The number of rotatable bonds is 0. The molecule has 28 heavy (non-hydrogen) atoms. The van der Waals surface area contributed by atoms with Crippen molar-refractivity contribution in [2.24, 2.45) is 11.8 Å². The molecule has 8 nitrogen and oxygen atoms in total. The van der Waals surface area contributed by atoms with Crippen LogP contribution < -0.4 is 0 Å². The zero-order chi connectivity index (χ0) is 19.6. The molecule has 7 rings (SSSR count). The third-order valence-electron chi connectivity index (χ3n) is 6.96. The van der Waals surface area contributed by atoms with E-state index in [9.17, 15) is 29.4 Å². The molecule has 2 N–H and O–H groups in total. The van der Waals surface area contributed by atoms with Gasteiger partial charge in [0.2, 0.25) is 0 Å². The summed E-state index contributed by atoms with van der Waals surface area (Å²) in [6.07, 6.45) is 3.61. The van der Waals surface area contributed by atoms with E-state index in [0.717, 1.165) is 0 Å². The van der Waals surface area contributed by atoms with Crippen LogP contribution in [0.4, 0.5) is 0 Å². The predicted molar refractivity (Wildman–Crippen MR) is 98.4 cm³/mol. The second kappa shape index (κ2) is 5.10. The van der Waals surface area contributed by atoms with Gasteiger partial charge in [0.1, 0.15) is 0 Å². The second-order valence-corrected chi connectivity index (χ2v) is 10.9. The molecule has 0 unspecified atom stereocenters. The summed E-state index contributed by atoms with van der Waals surface area (Å²) in [6.45, 7) is 0. The maximum absolute atomic E-state index is 13.7. The number of carbonyl (C=O) groups excluding carboxylic acids is 4. The van der Waals surface area contributed by atoms with Crippen LogP contribution in [-0.2, 0) is 19.2 Å². The summed E-state index contributed by atoms with van der Waals surface area (Å²) in [5.41, 5.74) is 0. The number of carbonyl (C=O) groups is 4. The Bertz CT molecular complexity index is 861. The number of aliphatic hydroxyl groups excluding tert-OH is 2. The molecule has 5 aliphatic heterocycles. The molecule has 10 heteroatoms. The molecule has 7 aliphatic rings. The van der Waals surface area contributed by atoms with Crippen LogP contribution in [0, 0.1) is 11.8 Å². The van der Waals surface area contributed by atoms with Crippen molar-refractivity contribution in [2.45, 2.75) is 46.9 Å². The highest BCUT2D eigenvalue weighted by molar-refractivity contribution is 8.78. The zero-order valence-corrected chi connectivity index (χ0v) is 16.1. The van der Waals surface area contributed by atoms with Crippen molar-refractivity contribution in [2.75, 3.05) is 0 Å². The number of fused-ring (bicyclic) bond motifs is 3. The maximum atomic E-state index is 13.7. The standard InChI is InChI=1S/C18H16N2O6S2/c21-9-1-3-11(23)13-7(9)5-17-15(25)20-14-8(10(22)2-4-12(14)24)6-18(20,28-27-17)16(26)19(13)17/h1-4,7-8,11-14,23-24H,5-6H2/t7-,8-,11-,12-,13-,14-,17-,18-/m0/s1. The van der Waals surface area contributed by atoms with Gasteiger partial charge in [0.25, 0.3) is 11.8 Å². The topological polar surface area (TPSA) is 115 Å². The SMILES string of the molecule is O=C1C=C[C@H](O)[C@@H]2[C@H]1C[C@]13SS[C@@]4(C[C@H]5C(=O)C=C[C@H](O)[C@H]5N4C1=O)C(=O)N23. The Morgan fingerprint density at radius 3 is 1.57 bits per heavy atom. The highest BCUT2D eigenvalue weighted by Crippen LogP contribution is 2.69. The summed E-state index contributed by atoms with van der Waals surface area (Å²) in [5, 5.41) is 21.0. The highest BCUT2D eigenvalue weighted by atomic mass is 33.1. The minimum Gasteiger partial charge on any atom is -0.387 e. The third-order valence-corrected chi connectivity index (χ3v) is 10.6. The van der Waals surface area contributed by atoms with Gasteiger partial charge in [0.05, 0.1) is 24.3 Å². The number of hydrogen-bond donors (Lipinski definition) is 2. The molecule has 5 fully saturated rings. The quantitative estimate of drug-likeness (QED) is 0.491. The van der Waals surface area contributed by atoms with Crippen LogP contribution in [0.25, 0.3) is 0 Å². The van der Waals surface area contributed by atoms with Gasteiger partial charge in [0.15, 0.2) is 21.3 Å². The highest BCUT2D eigenvalue weighted by Gasteiger charge is 2.79. The van der Waals surface area contributed by atoms with Crippen LogP contribution in [0.5, 0.6) is 0 Å². The molecule has 0 aromatic rings. The normalized spacial score (nSPS) is 50.8. The first-order chi connectivity index (χ1) is 13.3. The van der Waals surface area contributed by atoms with E-state index in [4.69, 9.17) is 0 Å². The van der Waals surface area contributed by atoms with Crippen LogP contribution in [0.2, 0.25) is 0 Å². The first-order valence-corrected chi connectivity index (χ1v) is 11.3.